The fourth-order valence-electron chi connectivity index (χ4n) is 3.03. The van der Waals surface area contributed by atoms with Crippen LogP contribution in [0.25, 0.3) is 0 Å². The minimum Gasteiger partial charge on any atom is -0.481 e. The first-order chi connectivity index (χ1) is 7.23. The zero-order valence-electron chi connectivity index (χ0n) is 9.21. The minimum absolute atomic E-state index is 0.0567. The molecule has 1 saturated heterocycles. The van der Waals surface area contributed by atoms with E-state index in [9.17, 15) is 4.79 Å². The van der Waals surface area contributed by atoms with Crippen LogP contribution in [-0.4, -0.2) is 23.3 Å². The predicted octanol–water partition coefficient (Wildman–Crippen LogP) is 2.59. The van der Waals surface area contributed by atoms with E-state index in [0.717, 1.165) is 13.0 Å². The molecule has 0 amide bonds. The molecule has 0 bridgehead atoms. The second-order valence-electron chi connectivity index (χ2n) is 4.89. The lowest BCUT2D eigenvalue weighted by Crippen LogP contribution is -2.50. The van der Waals surface area contributed by atoms with Gasteiger partial charge in [-0.25, -0.2) is 0 Å². The van der Waals surface area contributed by atoms with Gasteiger partial charge >= 0.3 is 5.97 Å². The van der Waals surface area contributed by atoms with Crippen molar-refractivity contribution in [2.75, 3.05) is 6.61 Å². The lowest BCUT2D eigenvalue weighted by Gasteiger charge is -2.49. The van der Waals surface area contributed by atoms with Crippen molar-refractivity contribution < 1.29 is 14.6 Å². The van der Waals surface area contributed by atoms with Crippen LogP contribution in [0.15, 0.2) is 0 Å². The molecular formula is C12H20O3. The molecule has 0 radical (unpaired) electrons. The van der Waals surface area contributed by atoms with Crippen LogP contribution in [0.2, 0.25) is 0 Å². The van der Waals surface area contributed by atoms with Crippen molar-refractivity contribution in [1.82, 2.24) is 0 Å². The van der Waals surface area contributed by atoms with E-state index in [1.165, 1.54) is 32.1 Å². The van der Waals surface area contributed by atoms with Gasteiger partial charge < -0.3 is 9.84 Å². The summed E-state index contributed by atoms with van der Waals surface area (Å²) in [6, 6.07) is 0. The second kappa shape index (κ2) is 4.52. The first-order valence-electron chi connectivity index (χ1n) is 6.09. The van der Waals surface area contributed by atoms with Crippen molar-refractivity contribution >= 4 is 5.97 Å². The Morgan fingerprint density at radius 2 is 2.00 bits per heavy atom. The molecule has 3 nitrogen and oxygen atoms in total. The zero-order valence-corrected chi connectivity index (χ0v) is 9.21. The Hall–Kier alpha value is -0.570. The van der Waals surface area contributed by atoms with Crippen LogP contribution in [0.1, 0.15) is 51.4 Å². The molecule has 1 saturated carbocycles. The lowest BCUT2D eigenvalue weighted by molar-refractivity contribution is -0.194. The number of rotatable bonds is 4. The monoisotopic (exact) mass is 212 g/mol. The summed E-state index contributed by atoms with van der Waals surface area (Å²) in [5, 5.41) is 8.74. The van der Waals surface area contributed by atoms with Crippen LogP contribution in [0.4, 0.5) is 0 Å². The van der Waals surface area contributed by atoms with Crippen molar-refractivity contribution in [3.8, 4) is 0 Å². The van der Waals surface area contributed by atoms with E-state index >= 15 is 0 Å². The summed E-state index contributed by atoms with van der Waals surface area (Å²) in [7, 11) is 0. The Morgan fingerprint density at radius 3 is 2.47 bits per heavy atom. The number of aliphatic carboxylic acids is 1. The van der Waals surface area contributed by atoms with Crippen LogP contribution < -0.4 is 0 Å². The van der Waals surface area contributed by atoms with E-state index < -0.39 is 5.97 Å². The summed E-state index contributed by atoms with van der Waals surface area (Å²) in [4.78, 5) is 10.6. The molecule has 0 aromatic rings. The van der Waals surface area contributed by atoms with Crippen molar-refractivity contribution in [3.63, 3.8) is 0 Å². The van der Waals surface area contributed by atoms with Crippen molar-refractivity contribution in [2.24, 2.45) is 5.92 Å². The van der Waals surface area contributed by atoms with Gasteiger partial charge in [-0.15, -0.1) is 0 Å². The predicted molar refractivity (Wildman–Crippen MR) is 56.7 cm³/mol. The molecule has 1 aliphatic carbocycles. The molecule has 1 unspecified atom stereocenters. The van der Waals surface area contributed by atoms with E-state index in [2.05, 4.69) is 0 Å². The number of ether oxygens (including phenoxy) is 1. The molecule has 1 heterocycles. The zero-order chi connectivity index (χ0) is 10.7. The van der Waals surface area contributed by atoms with Crippen LogP contribution in [0.3, 0.4) is 0 Å². The lowest BCUT2D eigenvalue weighted by atomic mass is 9.71. The smallest absolute Gasteiger partial charge is 0.303 e. The molecule has 1 aliphatic heterocycles. The Labute approximate surface area is 90.8 Å². The van der Waals surface area contributed by atoms with Gasteiger partial charge in [-0.3, -0.25) is 4.79 Å². The molecule has 2 aliphatic rings. The SMILES string of the molecule is O=C(O)CCC1(C2CCCCC2)CCO1. The summed E-state index contributed by atoms with van der Waals surface area (Å²) >= 11 is 0. The maximum atomic E-state index is 10.6. The molecule has 2 fully saturated rings. The van der Waals surface area contributed by atoms with Crippen LogP contribution >= 0.6 is 0 Å². The fraction of sp³-hybridized carbons (Fsp3) is 0.917. The maximum absolute atomic E-state index is 10.6. The highest BCUT2D eigenvalue weighted by Gasteiger charge is 2.45. The van der Waals surface area contributed by atoms with Crippen molar-refractivity contribution in [3.05, 3.63) is 0 Å². The number of hydrogen-bond donors (Lipinski definition) is 1. The van der Waals surface area contributed by atoms with E-state index in [1.807, 2.05) is 0 Å². The van der Waals surface area contributed by atoms with Gasteiger partial charge in [-0.2, -0.15) is 0 Å². The molecule has 1 N–H and O–H groups in total. The first kappa shape index (κ1) is 10.9. The minimum atomic E-state index is -0.694. The average molecular weight is 212 g/mol. The highest BCUT2D eigenvalue weighted by molar-refractivity contribution is 5.66. The highest BCUT2D eigenvalue weighted by atomic mass is 16.5. The molecule has 3 heteroatoms. The normalized spacial score (nSPS) is 32.3. The van der Waals surface area contributed by atoms with E-state index in [4.69, 9.17) is 9.84 Å². The number of carbonyl (C=O) groups is 1. The Balaban J connectivity index is 1.91. The quantitative estimate of drug-likeness (QED) is 0.779. The molecule has 0 spiro atoms. The average Bonchev–Trinajstić information content (AvgIpc) is 2.17. The van der Waals surface area contributed by atoms with Crippen molar-refractivity contribution in [2.45, 2.75) is 57.0 Å². The van der Waals surface area contributed by atoms with Gasteiger partial charge in [0.05, 0.1) is 12.2 Å². The Morgan fingerprint density at radius 1 is 1.33 bits per heavy atom. The molecule has 15 heavy (non-hydrogen) atoms. The number of hydrogen-bond acceptors (Lipinski definition) is 2. The standard InChI is InChI=1S/C12H20O3/c13-11(14)6-7-12(8-9-15-12)10-4-2-1-3-5-10/h10H,1-9H2,(H,13,14). The van der Waals surface area contributed by atoms with Gasteiger partial charge in [0.2, 0.25) is 0 Å². The molecular weight excluding hydrogens is 192 g/mol. The summed E-state index contributed by atoms with van der Waals surface area (Å²) in [5.74, 6) is -0.0694. The van der Waals surface area contributed by atoms with Gasteiger partial charge in [0, 0.05) is 12.8 Å². The van der Waals surface area contributed by atoms with Crippen LogP contribution in [-0.2, 0) is 9.53 Å². The maximum Gasteiger partial charge on any atom is 0.303 e. The summed E-state index contributed by atoms with van der Waals surface area (Å²) < 4.78 is 5.74. The van der Waals surface area contributed by atoms with E-state index in [1.54, 1.807) is 0 Å². The number of carboxylic acid groups (broad SMARTS) is 1. The van der Waals surface area contributed by atoms with Gasteiger partial charge in [0.15, 0.2) is 0 Å². The first-order valence-corrected chi connectivity index (χ1v) is 6.09. The molecule has 0 aromatic carbocycles. The van der Waals surface area contributed by atoms with Crippen LogP contribution in [0.5, 0.6) is 0 Å². The second-order valence-corrected chi connectivity index (χ2v) is 4.89. The van der Waals surface area contributed by atoms with E-state index in [0.29, 0.717) is 12.3 Å². The van der Waals surface area contributed by atoms with Gasteiger partial charge in [0.25, 0.3) is 0 Å². The fourth-order valence-corrected chi connectivity index (χ4v) is 3.03. The number of carboxylic acids is 1. The third-order valence-electron chi connectivity index (χ3n) is 4.03. The molecule has 86 valence electrons. The third kappa shape index (κ3) is 2.33. The summed E-state index contributed by atoms with van der Waals surface area (Å²) in [6.45, 7) is 0.829. The topological polar surface area (TPSA) is 46.5 Å². The molecule has 0 aromatic heterocycles. The van der Waals surface area contributed by atoms with Gasteiger partial charge in [0.1, 0.15) is 0 Å². The third-order valence-corrected chi connectivity index (χ3v) is 4.03. The molecule has 1 atom stereocenters. The highest BCUT2D eigenvalue weighted by Crippen LogP contribution is 2.45. The van der Waals surface area contributed by atoms with Gasteiger partial charge in [-0.05, 0) is 25.2 Å². The Bertz CT molecular complexity index is 227. The van der Waals surface area contributed by atoms with E-state index in [-0.39, 0.29) is 12.0 Å². The van der Waals surface area contributed by atoms with Crippen LogP contribution in [0, 0.1) is 5.92 Å². The van der Waals surface area contributed by atoms with Crippen molar-refractivity contribution in [1.29, 1.82) is 0 Å². The Kier molecular flexibility index (Phi) is 3.29. The summed E-state index contributed by atoms with van der Waals surface area (Å²) in [6.07, 6.45) is 8.45. The summed E-state index contributed by atoms with van der Waals surface area (Å²) in [5.41, 5.74) is -0.0567. The molecule has 2 rings (SSSR count). The van der Waals surface area contributed by atoms with Gasteiger partial charge in [-0.1, -0.05) is 19.3 Å². The largest absolute Gasteiger partial charge is 0.481 e.